The van der Waals surface area contributed by atoms with Crippen LogP contribution in [0.1, 0.15) is 18.4 Å². The molecule has 1 saturated heterocycles. The fraction of sp³-hybridized carbons (Fsp3) is 0.625. The summed E-state index contributed by atoms with van der Waals surface area (Å²) in [6, 6.07) is 10.2. The lowest BCUT2D eigenvalue weighted by molar-refractivity contribution is -0.274. The van der Waals surface area contributed by atoms with Crippen molar-refractivity contribution in [2.75, 3.05) is 25.3 Å². The Morgan fingerprint density at radius 3 is 2.43 bits per heavy atom. The smallest absolute Gasteiger partial charge is 0.172 e. The van der Waals surface area contributed by atoms with Gasteiger partial charge in [-0.25, -0.2) is 0 Å². The molecule has 1 aliphatic heterocycles. The van der Waals surface area contributed by atoms with Crippen molar-refractivity contribution in [2.45, 2.75) is 37.4 Å². The molecule has 0 aromatic heterocycles. The molecule has 1 aromatic carbocycles. The monoisotopic (exact) mass is 406 g/mol. The van der Waals surface area contributed by atoms with E-state index >= 15 is 0 Å². The minimum atomic E-state index is -0.547. The highest BCUT2D eigenvalue weighted by atomic mass is 127. The Kier molecular flexibility index (Phi) is 6.88. The third-order valence-corrected chi connectivity index (χ3v) is 4.78. The van der Waals surface area contributed by atoms with E-state index in [-0.39, 0.29) is 12.2 Å². The lowest BCUT2D eigenvalue weighted by Gasteiger charge is -2.42. The van der Waals surface area contributed by atoms with Gasteiger partial charge < -0.3 is 18.9 Å². The van der Waals surface area contributed by atoms with E-state index < -0.39 is 5.79 Å². The fourth-order valence-corrected chi connectivity index (χ4v) is 3.15. The second-order valence-electron chi connectivity index (χ2n) is 5.26. The molecular formula is C16H23IO4. The Balaban J connectivity index is 1.86. The summed E-state index contributed by atoms with van der Waals surface area (Å²) in [5.74, 6) is -0.547. The number of hydrogen-bond donors (Lipinski definition) is 0. The molecule has 1 aromatic rings. The third-order valence-electron chi connectivity index (χ3n) is 3.79. The van der Waals surface area contributed by atoms with Crippen LogP contribution in [0.2, 0.25) is 0 Å². The predicted molar refractivity (Wildman–Crippen MR) is 89.6 cm³/mol. The molecule has 0 aliphatic carbocycles. The maximum absolute atomic E-state index is 6.04. The molecule has 1 aliphatic rings. The van der Waals surface area contributed by atoms with E-state index in [1.54, 1.807) is 14.2 Å². The highest BCUT2D eigenvalue weighted by Gasteiger charge is 2.41. The van der Waals surface area contributed by atoms with Crippen molar-refractivity contribution >= 4 is 22.6 Å². The summed E-state index contributed by atoms with van der Waals surface area (Å²) in [4.78, 5) is 0. The Bertz CT molecular complexity index is 408. The zero-order chi connectivity index (χ0) is 15.1. The Morgan fingerprint density at radius 1 is 1.14 bits per heavy atom. The molecule has 0 bridgehead atoms. The molecule has 0 spiro atoms. The molecule has 4 nitrogen and oxygen atoms in total. The highest BCUT2D eigenvalue weighted by Crippen LogP contribution is 2.33. The molecule has 118 valence electrons. The average molecular weight is 406 g/mol. The minimum Gasteiger partial charge on any atom is -0.374 e. The Hall–Kier alpha value is -0.210. The van der Waals surface area contributed by atoms with Gasteiger partial charge in [-0.1, -0.05) is 52.9 Å². The van der Waals surface area contributed by atoms with Gasteiger partial charge in [0.25, 0.3) is 0 Å². The standard InChI is InChI=1S/C16H23IO4/c1-18-16(19-2)8-14(10-17)21-15(9-16)12-20-11-13-6-4-3-5-7-13/h3-7,14-15H,8-12H2,1-2H3/t14-,15+/m0/s1. The van der Waals surface area contributed by atoms with E-state index in [9.17, 15) is 0 Å². The normalized spacial score (nSPS) is 24.9. The van der Waals surface area contributed by atoms with Gasteiger partial charge in [-0.15, -0.1) is 0 Å². The van der Waals surface area contributed by atoms with Crippen molar-refractivity contribution in [2.24, 2.45) is 0 Å². The van der Waals surface area contributed by atoms with E-state index in [2.05, 4.69) is 34.7 Å². The lowest BCUT2D eigenvalue weighted by atomic mass is 9.98. The van der Waals surface area contributed by atoms with E-state index in [1.165, 1.54) is 5.56 Å². The maximum atomic E-state index is 6.04. The number of methoxy groups -OCH3 is 2. The van der Waals surface area contributed by atoms with Gasteiger partial charge in [-0.3, -0.25) is 0 Å². The van der Waals surface area contributed by atoms with Crippen molar-refractivity contribution in [3.8, 4) is 0 Å². The van der Waals surface area contributed by atoms with Gasteiger partial charge >= 0.3 is 0 Å². The SMILES string of the molecule is COC1(OC)C[C@@H](CI)O[C@@H](COCc2ccccc2)C1. The quantitative estimate of drug-likeness (QED) is 0.396. The minimum absolute atomic E-state index is 0.00197. The first-order chi connectivity index (χ1) is 10.2. The first-order valence-corrected chi connectivity index (χ1v) is 8.67. The molecule has 5 heteroatoms. The maximum Gasteiger partial charge on any atom is 0.172 e. The second kappa shape index (κ2) is 8.43. The van der Waals surface area contributed by atoms with Gasteiger partial charge in [0.2, 0.25) is 0 Å². The molecule has 1 heterocycles. The third kappa shape index (κ3) is 4.89. The van der Waals surface area contributed by atoms with Gasteiger partial charge in [-0.05, 0) is 5.56 Å². The van der Waals surface area contributed by atoms with Crippen LogP contribution in [-0.2, 0) is 25.6 Å². The lowest BCUT2D eigenvalue weighted by Crippen LogP contribution is -2.49. The van der Waals surface area contributed by atoms with Crippen molar-refractivity contribution in [3.63, 3.8) is 0 Å². The zero-order valence-electron chi connectivity index (χ0n) is 12.6. The van der Waals surface area contributed by atoms with Gasteiger partial charge in [0.15, 0.2) is 5.79 Å². The second-order valence-corrected chi connectivity index (χ2v) is 6.14. The van der Waals surface area contributed by atoms with Gasteiger partial charge in [0.05, 0.1) is 25.4 Å². The number of ether oxygens (including phenoxy) is 4. The van der Waals surface area contributed by atoms with Crippen LogP contribution in [0.4, 0.5) is 0 Å². The summed E-state index contributed by atoms with van der Waals surface area (Å²) >= 11 is 2.34. The number of benzene rings is 1. The summed E-state index contributed by atoms with van der Waals surface area (Å²) in [5.41, 5.74) is 1.17. The summed E-state index contributed by atoms with van der Waals surface area (Å²) in [6.45, 7) is 1.15. The van der Waals surface area contributed by atoms with E-state index in [0.717, 1.165) is 10.8 Å². The van der Waals surface area contributed by atoms with Crippen molar-refractivity contribution in [1.29, 1.82) is 0 Å². The van der Waals surface area contributed by atoms with Crippen LogP contribution in [0, 0.1) is 0 Å². The molecule has 21 heavy (non-hydrogen) atoms. The largest absolute Gasteiger partial charge is 0.374 e. The Morgan fingerprint density at radius 2 is 1.81 bits per heavy atom. The van der Waals surface area contributed by atoms with Crippen LogP contribution in [0.3, 0.4) is 0 Å². The average Bonchev–Trinajstić information content (AvgIpc) is 2.55. The van der Waals surface area contributed by atoms with Crippen LogP contribution in [0.15, 0.2) is 30.3 Å². The molecular weight excluding hydrogens is 383 g/mol. The summed E-state index contributed by atoms with van der Waals surface area (Å²) < 4.78 is 23.9. The number of halogens is 1. The first kappa shape index (κ1) is 17.1. The molecule has 2 atom stereocenters. The first-order valence-electron chi connectivity index (χ1n) is 7.15. The van der Waals surface area contributed by atoms with Gasteiger partial charge in [0, 0.05) is 31.5 Å². The van der Waals surface area contributed by atoms with E-state index in [0.29, 0.717) is 19.6 Å². The summed E-state index contributed by atoms with van der Waals surface area (Å²) in [6.07, 6.45) is 1.60. The topological polar surface area (TPSA) is 36.9 Å². The number of alkyl halides is 1. The van der Waals surface area contributed by atoms with Crippen molar-refractivity contribution in [3.05, 3.63) is 35.9 Å². The van der Waals surface area contributed by atoms with Crippen LogP contribution in [0.5, 0.6) is 0 Å². The van der Waals surface area contributed by atoms with Crippen LogP contribution >= 0.6 is 22.6 Å². The molecule has 0 radical (unpaired) electrons. The van der Waals surface area contributed by atoms with Crippen molar-refractivity contribution in [1.82, 2.24) is 0 Å². The van der Waals surface area contributed by atoms with Crippen LogP contribution < -0.4 is 0 Å². The van der Waals surface area contributed by atoms with E-state index in [1.807, 2.05) is 18.2 Å². The molecule has 0 amide bonds. The molecule has 2 rings (SSSR count). The summed E-state index contributed by atoms with van der Waals surface area (Å²) in [7, 11) is 3.39. The van der Waals surface area contributed by atoms with Crippen LogP contribution in [0.25, 0.3) is 0 Å². The van der Waals surface area contributed by atoms with E-state index in [4.69, 9.17) is 18.9 Å². The predicted octanol–water partition coefficient (Wildman–Crippen LogP) is 3.17. The zero-order valence-corrected chi connectivity index (χ0v) is 14.7. The molecule has 0 N–H and O–H groups in total. The summed E-state index contributed by atoms with van der Waals surface area (Å²) in [5, 5.41) is 0. The van der Waals surface area contributed by atoms with Gasteiger partial charge in [-0.2, -0.15) is 0 Å². The Labute approximate surface area is 140 Å². The molecule has 0 saturated carbocycles. The van der Waals surface area contributed by atoms with Crippen molar-refractivity contribution < 1.29 is 18.9 Å². The fourth-order valence-electron chi connectivity index (χ4n) is 2.63. The molecule has 1 fully saturated rings. The van der Waals surface area contributed by atoms with Gasteiger partial charge in [0.1, 0.15) is 0 Å². The highest BCUT2D eigenvalue weighted by molar-refractivity contribution is 14.1. The number of hydrogen-bond acceptors (Lipinski definition) is 4. The van der Waals surface area contributed by atoms with Crippen LogP contribution in [-0.4, -0.2) is 43.2 Å². The number of rotatable bonds is 7. The molecule has 0 unspecified atom stereocenters.